The minimum Gasteiger partial charge on any atom is -0.332 e. The molecule has 140 valence electrons. The van der Waals surface area contributed by atoms with Crippen LogP contribution in [-0.2, 0) is 16.1 Å². The zero-order valence-electron chi connectivity index (χ0n) is 16.1. The van der Waals surface area contributed by atoms with Gasteiger partial charge in [-0.1, -0.05) is 30.3 Å². The summed E-state index contributed by atoms with van der Waals surface area (Å²) in [7, 11) is 0. The first-order chi connectivity index (χ1) is 12.0. The molecule has 1 N–H and O–H groups in total. The van der Waals surface area contributed by atoms with Crippen LogP contribution >= 0.6 is 0 Å². The molecule has 6 heteroatoms. The Balaban J connectivity index is 1.92. The molecule has 1 aromatic rings. The number of nitrogens with one attached hydrogen (secondary N) is 1. The van der Waals surface area contributed by atoms with Crippen LogP contribution in [0.2, 0.25) is 0 Å². The van der Waals surface area contributed by atoms with Gasteiger partial charge in [-0.05, 0) is 33.3 Å². The number of likely N-dealkylation sites (tertiary alicyclic amines) is 1. The van der Waals surface area contributed by atoms with Crippen LogP contribution in [0.4, 0.5) is 4.79 Å². The number of hydrogen-bond donors (Lipinski definition) is 1. The first kappa shape index (κ1) is 18.4. The molecule has 26 heavy (non-hydrogen) atoms. The molecular formula is C20H27N3O3. The van der Waals surface area contributed by atoms with Crippen molar-refractivity contribution in [1.82, 2.24) is 15.1 Å². The Bertz CT molecular complexity index is 737. The van der Waals surface area contributed by atoms with E-state index in [1.165, 1.54) is 4.90 Å². The minimum atomic E-state index is -0.967. The Morgan fingerprint density at radius 3 is 2.08 bits per heavy atom. The summed E-state index contributed by atoms with van der Waals surface area (Å²) >= 11 is 0. The molecule has 0 aromatic heterocycles. The number of imide groups is 1. The van der Waals surface area contributed by atoms with E-state index < -0.39 is 16.6 Å². The van der Waals surface area contributed by atoms with Gasteiger partial charge in [0.05, 0.1) is 6.54 Å². The SMILES string of the molecule is CC(=O)N1C(C)(C)CC2(CC1(C)C)NC(=O)N(Cc1ccccc1)C2=O. The van der Waals surface area contributed by atoms with E-state index in [0.717, 1.165) is 5.56 Å². The normalized spacial score (nSPS) is 23.3. The average molecular weight is 357 g/mol. The molecule has 1 spiro atoms. The summed E-state index contributed by atoms with van der Waals surface area (Å²) in [6.07, 6.45) is 0.803. The van der Waals surface area contributed by atoms with E-state index in [0.29, 0.717) is 12.8 Å². The second-order valence-corrected chi connectivity index (χ2v) is 8.72. The first-order valence-electron chi connectivity index (χ1n) is 8.98. The molecule has 0 saturated carbocycles. The lowest BCUT2D eigenvalue weighted by Crippen LogP contribution is -2.70. The number of piperidine rings is 1. The van der Waals surface area contributed by atoms with Gasteiger partial charge in [-0.3, -0.25) is 14.5 Å². The number of carbonyl (C=O) groups is 3. The van der Waals surface area contributed by atoms with Crippen LogP contribution in [-0.4, -0.2) is 44.3 Å². The van der Waals surface area contributed by atoms with Crippen LogP contribution < -0.4 is 5.32 Å². The Labute approximate surface area is 154 Å². The average Bonchev–Trinajstić information content (AvgIpc) is 2.69. The molecule has 4 amide bonds. The summed E-state index contributed by atoms with van der Waals surface area (Å²) in [4.78, 5) is 41.3. The van der Waals surface area contributed by atoms with Crippen LogP contribution in [0.3, 0.4) is 0 Å². The van der Waals surface area contributed by atoms with Gasteiger partial charge in [0.2, 0.25) is 5.91 Å². The fourth-order valence-electron chi connectivity index (χ4n) is 5.19. The van der Waals surface area contributed by atoms with Crippen LogP contribution in [0.1, 0.15) is 53.0 Å². The zero-order chi connectivity index (χ0) is 19.3. The highest BCUT2D eigenvalue weighted by Crippen LogP contribution is 2.46. The Morgan fingerprint density at radius 2 is 1.58 bits per heavy atom. The highest BCUT2D eigenvalue weighted by atomic mass is 16.2. The second-order valence-electron chi connectivity index (χ2n) is 8.72. The number of hydrogen-bond acceptors (Lipinski definition) is 3. The lowest BCUT2D eigenvalue weighted by Gasteiger charge is -2.57. The van der Waals surface area contributed by atoms with Crippen molar-refractivity contribution in [1.29, 1.82) is 0 Å². The monoisotopic (exact) mass is 357 g/mol. The molecule has 6 nitrogen and oxygen atoms in total. The van der Waals surface area contributed by atoms with Crippen LogP contribution in [0, 0.1) is 0 Å². The summed E-state index contributed by atoms with van der Waals surface area (Å²) < 4.78 is 0. The summed E-state index contributed by atoms with van der Waals surface area (Å²) in [5, 5.41) is 2.96. The number of benzene rings is 1. The number of urea groups is 1. The molecule has 2 aliphatic heterocycles. The van der Waals surface area contributed by atoms with Crippen molar-refractivity contribution >= 4 is 17.8 Å². The maximum Gasteiger partial charge on any atom is 0.325 e. The van der Waals surface area contributed by atoms with Gasteiger partial charge in [0, 0.05) is 30.8 Å². The van der Waals surface area contributed by atoms with Gasteiger partial charge in [-0.25, -0.2) is 4.79 Å². The van der Waals surface area contributed by atoms with E-state index in [9.17, 15) is 14.4 Å². The van der Waals surface area contributed by atoms with Gasteiger partial charge in [-0.2, -0.15) is 0 Å². The minimum absolute atomic E-state index is 0.0206. The maximum atomic E-state index is 13.3. The van der Waals surface area contributed by atoms with Gasteiger partial charge in [0.15, 0.2) is 0 Å². The van der Waals surface area contributed by atoms with Gasteiger partial charge in [0.25, 0.3) is 5.91 Å². The molecule has 0 aliphatic carbocycles. The van der Waals surface area contributed by atoms with Gasteiger partial charge >= 0.3 is 6.03 Å². The first-order valence-corrected chi connectivity index (χ1v) is 8.98. The Kier molecular flexibility index (Phi) is 4.13. The van der Waals surface area contributed by atoms with E-state index in [-0.39, 0.29) is 24.4 Å². The molecule has 3 rings (SSSR count). The molecule has 2 fully saturated rings. The highest BCUT2D eigenvalue weighted by molar-refractivity contribution is 6.07. The summed E-state index contributed by atoms with van der Waals surface area (Å²) in [6, 6.07) is 9.12. The van der Waals surface area contributed by atoms with Crippen molar-refractivity contribution < 1.29 is 14.4 Å². The predicted octanol–water partition coefficient (Wildman–Crippen LogP) is 2.68. The fraction of sp³-hybridized carbons (Fsp3) is 0.550. The molecule has 0 bridgehead atoms. The van der Waals surface area contributed by atoms with Crippen LogP contribution in [0.15, 0.2) is 30.3 Å². The smallest absolute Gasteiger partial charge is 0.325 e. The van der Waals surface area contributed by atoms with Crippen molar-refractivity contribution in [3.05, 3.63) is 35.9 Å². The van der Waals surface area contributed by atoms with E-state index in [1.54, 1.807) is 6.92 Å². The number of rotatable bonds is 2. The van der Waals surface area contributed by atoms with Crippen molar-refractivity contribution in [2.75, 3.05) is 0 Å². The summed E-state index contributed by atoms with van der Waals surface area (Å²) in [5.74, 6) is -0.219. The van der Waals surface area contributed by atoms with Crippen molar-refractivity contribution in [2.45, 2.75) is 70.6 Å². The molecule has 2 heterocycles. The molecule has 2 aliphatic rings. The molecule has 2 saturated heterocycles. The van der Waals surface area contributed by atoms with E-state index in [1.807, 2.05) is 62.9 Å². The van der Waals surface area contributed by atoms with E-state index in [4.69, 9.17) is 0 Å². The van der Waals surface area contributed by atoms with Crippen LogP contribution in [0.25, 0.3) is 0 Å². The number of carbonyl (C=O) groups excluding carboxylic acids is 3. The van der Waals surface area contributed by atoms with Crippen molar-refractivity contribution in [3.63, 3.8) is 0 Å². The highest BCUT2D eigenvalue weighted by Gasteiger charge is 2.61. The molecule has 0 unspecified atom stereocenters. The summed E-state index contributed by atoms with van der Waals surface area (Å²) in [6.45, 7) is 9.63. The predicted molar refractivity (Wildman–Crippen MR) is 98.2 cm³/mol. The lowest BCUT2D eigenvalue weighted by atomic mass is 9.69. The molecule has 0 radical (unpaired) electrons. The quantitative estimate of drug-likeness (QED) is 0.828. The van der Waals surface area contributed by atoms with Gasteiger partial charge < -0.3 is 10.2 Å². The Hall–Kier alpha value is -2.37. The third-order valence-corrected chi connectivity index (χ3v) is 5.42. The fourth-order valence-corrected chi connectivity index (χ4v) is 5.19. The largest absolute Gasteiger partial charge is 0.332 e. The topological polar surface area (TPSA) is 69.7 Å². The number of nitrogens with zero attached hydrogens (tertiary/aromatic N) is 2. The number of amides is 4. The standard InChI is InChI=1S/C20H27N3O3/c1-14(24)23-18(2,3)12-20(13-19(23,4)5)16(25)22(17(26)21-20)11-15-9-7-6-8-10-15/h6-10H,11-13H2,1-5H3,(H,21,26). The van der Waals surface area contributed by atoms with Crippen molar-refractivity contribution in [3.8, 4) is 0 Å². The van der Waals surface area contributed by atoms with Gasteiger partial charge in [0.1, 0.15) is 5.54 Å². The molecule has 1 aromatic carbocycles. The molecular weight excluding hydrogens is 330 g/mol. The third kappa shape index (κ3) is 2.87. The van der Waals surface area contributed by atoms with Gasteiger partial charge in [-0.15, -0.1) is 0 Å². The lowest BCUT2D eigenvalue weighted by molar-refractivity contribution is -0.156. The Morgan fingerprint density at radius 1 is 1.04 bits per heavy atom. The van der Waals surface area contributed by atoms with E-state index in [2.05, 4.69) is 5.32 Å². The van der Waals surface area contributed by atoms with E-state index >= 15 is 0 Å². The summed E-state index contributed by atoms with van der Waals surface area (Å²) in [5.41, 5.74) is -1.14. The molecule has 0 atom stereocenters. The van der Waals surface area contributed by atoms with Crippen molar-refractivity contribution in [2.24, 2.45) is 0 Å². The van der Waals surface area contributed by atoms with Crippen LogP contribution in [0.5, 0.6) is 0 Å². The zero-order valence-corrected chi connectivity index (χ0v) is 16.1. The third-order valence-electron chi connectivity index (χ3n) is 5.42. The second kappa shape index (κ2) is 5.83. The maximum absolute atomic E-state index is 13.3.